The molecule has 22 heavy (non-hydrogen) atoms. The van der Waals surface area contributed by atoms with Crippen LogP contribution in [0.3, 0.4) is 0 Å². The summed E-state index contributed by atoms with van der Waals surface area (Å²) in [6.07, 6.45) is -0.0832. The number of nitrogens with zero attached hydrogens (tertiary/aromatic N) is 1. The van der Waals surface area contributed by atoms with Gasteiger partial charge in [0.15, 0.2) is 0 Å². The Kier molecular flexibility index (Phi) is 6.64. The first kappa shape index (κ1) is 18.3. The highest BCUT2D eigenvalue weighted by molar-refractivity contribution is 5.90. The monoisotopic (exact) mass is 314 g/mol. The molecular formula is C15H26N2O5. The van der Waals surface area contributed by atoms with E-state index in [4.69, 9.17) is 4.74 Å². The zero-order valence-electron chi connectivity index (χ0n) is 13.9. The lowest BCUT2D eigenvalue weighted by molar-refractivity contribution is -0.153. The summed E-state index contributed by atoms with van der Waals surface area (Å²) in [5.74, 6) is -0.571. The summed E-state index contributed by atoms with van der Waals surface area (Å²) < 4.78 is 9.62. The van der Waals surface area contributed by atoms with E-state index in [1.807, 2.05) is 20.8 Å². The smallest absolute Gasteiger partial charge is 0.407 e. The molecule has 0 saturated carbocycles. The summed E-state index contributed by atoms with van der Waals surface area (Å²) in [5, 5.41) is 2.54. The van der Waals surface area contributed by atoms with E-state index in [2.05, 4.69) is 10.1 Å². The predicted octanol–water partition coefficient (Wildman–Crippen LogP) is 1.17. The standard InChI is InChI=1S/C15H26N2O5/c1-6-22-14(19)11-7-10(4)8-17(11)13(18)12(9(2)3)16-15(20)21-5/h9-12H,6-8H2,1-5H3,(H,16,20)/t10-,11-,12-/m0/s1. The van der Waals surface area contributed by atoms with E-state index in [0.717, 1.165) is 0 Å². The van der Waals surface area contributed by atoms with Crippen LogP contribution in [0.4, 0.5) is 4.79 Å². The van der Waals surface area contributed by atoms with Crippen molar-refractivity contribution >= 4 is 18.0 Å². The van der Waals surface area contributed by atoms with E-state index in [1.54, 1.807) is 6.92 Å². The van der Waals surface area contributed by atoms with Gasteiger partial charge < -0.3 is 19.7 Å². The number of esters is 1. The van der Waals surface area contributed by atoms with Gasteiger partial charge in [0.25, 0.3) is 0 Å². The van der Waals surface area contributed by atoms with Gasteiger partial charge in [0.05, 0.1) is 13.7 Å². The molecule has 3 atom stereocenters. The molecule has 0 aromatic heterocycles. The first-order valence-corrected chi connectivity index (χ1v) is 7.63. The van der Waals surface area contributed by atoms with Crippen LogP contribution in [0.2, 0.25) is 0 Å². The molecule has 2 amide bonds. The summed E-state index contributed by atoms with van der Waals surface area (Å²) in [5.41, 5.74) is 0. The Balaban J connectivity index is 2.90. The van der Waals surface area contributed by atoms with Crippen molar-refractivity contribution in [2.45, 2.75) is 46.2 Å². The van der Waals surface area contributed by atoms with Gasteiger partial charge in [-0.3, -0.25) is 4.79 Å². The quantitative estimate of drug-likeness (QED) is 0.770. The van der Waals surface area contributed by atoms with Crippen LogP contribution in [-0.2, 0) is 19.1 Å². The van der Waals surface area contributed by atoms with Gasteiger partial charge in [-0.1, -0.05) is 20.8 Å². The van der Waals surface area contributed by atoms with Crippen molar-refractivity contribution in [1.82, 2.24) is 10.2 Å². The van der Waals surface area contributed by atoms with Gasteiger partial charge in [-0.15, -0.1) is 0 Å². The normalized spacial score (nSPS) is 22.4. The number of ether oxygens (including phenoxy) is 2. The van der Waals surface area contributed by atoms with Crippen LogP contribution < -0.4 is 5.32 Å². The minimum absolute atomic E-state index is 0.120. The minimum atomic E-state index is -0.727. The molecular weight excluding hydrogens is 288 g/mol. The lowest BCUT2D eigenvalue weighted by atomic mass is 10.0. The van der Waals surface area contributed by atoms with Gasteiger partial charge in [0.1, 0.15) is 12.1 Å². The maximum atomic E-state index is 12.8. The number of hydrogen-bond donors (Lipinski definition) is 1. The largest absolute Gasteiger partial charge is 0.464 e. The maximum Gasteiger partial charge on any atom is 0.407 e. The van der Waals surface area contributed by atoms with Gasteiger partial charge in [-0.2, -0.15) is 0 Å². The fraction of sp³-hybridized carbons (Fsp3) is 0.800. The number of alkyl carbamates (subject to hydrolysis) is 1. The van der Waals surface area contributed by atoms with E-state index >= 15 is 0 Å². The highest BCUT2D eigenvalue weighted by Crippen LogP contribution is 2.25. The molecule has 0 aromatic rings. The predicted molar refractivity (Wildman–Crippen MR) is 80.1 cm³/mol. The van der Waals surface area contributed by atoms with Crippen LogP contribution in [0.15, 0.2) is 0 Å². The Morgan fingerprint density at radius 3 is 2.45 bits per heavy atom. The van der Waals surface area contributed by atoms with Crippen LogP contribution >= 0.6 is 0 Å². The highest BCUT2D eigenvalue weighted by atomic mass is 16.5. The molecule has 0 radical (unpaired) electrons. The zero-order chi connectivity index (χ0) is 16.9. The average Bonchev–Trinajstić information content (AvgIpc) is 2.85. The van der Waals surface area contributed by atoms with Crippen molar-refractivity contribution in [2.75, 3.05) is 20.3 Å². The number of carbonyl (C=O) groups is 3. The van der Waals surface area contributed by atoms with Gasteiger partial charge >= 0.3 is 12.1 Å². The second-order valence-electron chi connectivity index (χ2n) is 5.96. The van der Waals surface area contributed by atoms with E-state index in [1.165, 1.54) is 12.0 Å². The molecule has 1 saturated heterocycles. The Morgan fingerprint density at radius 2 is 1.95 bits per heavy atom. The van der Waals surface area contributed by atoms with E-state index in [0.29, 0.717) is 13.0 Å². The third kappa shape index (κ3) is 4.35. The van der Waals surface area contributed by atoms with Gasteiger partial charge in [0.2, 0.25) is 5.91 Å². The van der Waals surface area contributed by atoms with Crippen LogP contribution in [0, 0.1) is 11.8 Å². The molecule has 1 fully saturated rings. The molecule has 1 N–H and O–H groups in total. The van der Waals surface area contributed by atoms with Crippen LogP contribution in [0.25, 0.3) is 0 Å². The number of amides is 2. The first-order valence-electron chi connectivity index (χ1n) is 7.63. The summed E-state index contributed by atoms with van der Waals surface area (Å²) in [6, 6.07) is -1.31. The van der Waals surface area contributed by atoms with Gasteiger partial charge in [-0.25, -0.2) is 9.59 Å². The number of hydrogen-bond acceptors (Lipinski definition) is 5. The Labute approximate surface area is 131 Å². The second kappa shape index (κ2) is 8.00. The lowest BCUT2D eigenvalue weighted by Gasteiger charge is -2.29. The number of nitrogens with one attached hydrogen (secondary N) is 1. The third-order valence-corrected chi connectivity index (χ3v) is 3.74. The molecule has 7 heteroatoms. The molecule has 1 heterocycles. The van der Waals surface area contributed by atoms with Crippen molar-refractivity contribution in [3.63, 3.8) is 0 Å². The van der Waals surface area contributed by atoms with Crippen LogP contribution in [-0.4, -0.2) is 55.2 Å². The fourth-order valence-corrected chi connectivity index (χ4v) is 2.63. The van der Waals surface area contributed by atoms with Gasteiger partial charge in [-0.05, 0) is 25.2 Å². The van der Waals surface area contributed by atoms with Gasteiger partial charge in [0, 0.05) is 6.54 Å². The van der Waals surface area contributed by atoms with Crippen molar-refractivity contribution in [3.8, 4) is 0 Å². The second-order valence-corrected chi connectivity index (χ2v) is 5.96. The molecule has 0 aromatic carbocycles. The molecule has 1 aliphatic heterocycles. The number of likely N-dealkylation sites (tertiary alicyclic amines) is 1. The topological polar surface area (TPSA) is 84.9 Å². The molecule has 1 aliphatic rings. The summed E-state index contributed by atoms with van der Waals surface area (Å²) >= 11 is 0. The van der Waals surface area contributed by atoms with Crippen molar-refractivity contribution in [3.05, 3.63) is 0 Å². The maximum absolute atomic E-state index is 12.8. The van der Waals surface area contributed by atoms with E-state index < -0.39 is 18.2 Å². The Morgan fingerprint density at radius 1 is 1.32 bits per heavy atom. The minimum Gasteiger partial charge on any atom is -0.464 e. The summed E-state index contributed by atoms with van der Waals surface area (Å²) in [4.78, 5) is 37.7. The molecule has 1 rings (SSSR count). The Bertz CT molecular complexity index is 424. The van der Waals surface area contributed by atoms with Crippen molar-refractivity contribution in [2.24, 2.45) is 11.8 Å². The third-order valence-electron chi connectivity index (χ3n) is 3.74. The first-order chi connectivity index (χ1) is 10.3. The number of methoxy groups -OCH3 is 1. The highest BCUT2D eigenvalue weighted by Gasteiger charge is 2.42. The number of rotatable bonds is 5. The van der Waals surface area contributed by atoms with E-state index in [9.17, 15) is 14.4 Å². The molecule has 126 valence electrons. The van der Waals surface area contributed by atoms with Crippen molar-refractivity contribution < 1.29 is 23.9 Å². The Hall–Kier alpha value is -1.79. The fourth-order valence-electron chi connectivity index (χ4n) is 2.63. The average molecular weight is 314 g/mol. The zero-order valence-corrected chi connectivity index (χ0v) is 13.9. The van der Waals surface area contributed by atoms with E-state index in [-0.39, 0.29) is 30.3 Å². The molecule has 0 aliphatic carbocycles. The number of carbonyl (C=O) groups excluding carboxylic acids is 3. The SMILES string of the molecule is CCOC(=O)[C@@H]1C[C@H](C)CN1C(=O)[C@@H](NC(=O)OC)C(C)C. The van der Waals surface area contributed by atoms with Crippen LogP contribution in [0.1, 0.15) is 34.1 Å². The summed E-state index contributed by atoms with van der Waals surface area (Å²) in [6.45, 7) is 8.14. The molecule has 0 bridgehead atoms. The molecule has 7 nitrogen and oxygen atoms in total. The molecule has 0 spiro atoms. The van der Waals surface area contributed by atoms with Crippen molar-refractivity contribution in [1.29, 1.82) is 0 Å². The van der Waals surface area contributed by atoms with Crippen LogP contribution in [0.5, 0.6) is 0 Å². The molecule has 0 unspecified atom stereocenters. The summed E-state index contributed by atoms with van der Waals surface area (Å²) in [7, 11) is 1.25. The lowest BCUT2D eigenvalue weighted by Crippen LogP contribution is -2.54.